The topological polar surface area (TPSA) is 59.6 Å². The number of nitrogens with zero attached hydrogens (tertiary/aromatic N) is 1. The second-order valence-electron chi connectivity index (χ2n) is 6.01. The second kappa shape index (κ2) is 7.96. The molecule has 0 heterocycles. The smallest absolute Gasteiger partial charge is 0.272 e. The lowest BCUT2D eigenvalue weighted by Crippen LogP contribution is -2.22. The first kappa shape index (κ1) is 17.2. The number of aliphatic imine (C=N–C) groups is 1. The van der Waals surface area contributed by atoms with E-state index >= 15 is 0 Å². The number of fused-ring (bicyclic) bond motifs is 1. The fourth-order valence-corrected chi connectivity index (χ4v) is 2.91. The Kier molecular flexibility index (Phi) is 5.48. The van der Waals surface area contributed by atoms with Crippen molar-refractivity contribution in [3.05, 3.63) is 59.2 Å². The number of benzene rings is 2. The molecule has 0 aliphatic heterocycles. The van der Waals surface area contributed by atoms with E-state index < -0.39 is 13.0 Å². The zero-order chi connectivity index (χ0) is 17.6. The molecule has 2 aromatic rings. The first-order chi connectivity index (χ1) is 12.1. The van der Waals surface area contributed by atoms with Gasteiger partial charge in [-0.05, 0) is 60.2 Å². The standard InChI is InChI=1S/C19H21F2N3O/c20-18(21)12-25-17-6-1-3-13(9-17)11-23-19(22)24-16-8-7-14-4-2-5-15(14)10-16/h1,3,6-10,18H,2,4-5,11-12H2,(H3,22,23,24). The summed E-state index contributed by atoms with van der Waals surface area (Å²) < 4.78 is 29.4. The minimum atomic E-state index is -2.49. The van der Waals surface area contributed by atoms with E-state index in [9.17, 15) is 8.78 Å². The van der Waals surface area contributed by atoms with Gasteiger partial charge in [0.05, 0.1) is 6.54 Å². The molecule has 3 N–H and O–H groups in total. The average molecular weight is 345 g/mol. The molecule has 0 amide bonds. The molecule has 1 aliphatic rings. The van der Waals surface area contributed by atoms with Gasteiger partial charge in [-0.15, -0.1) is 0 Å². The molecule has 2 aromatic carbocycles. The number of halogens is 2. The molecule has 0 unspecified atom stereocenters. The van der Waals surface area contributed by atoms with Crippen molar-refractivity contribution in [1.29, 1.82) is 0 Å². The highest BCUT2D eigenvalue weighted by Crippen LogP contribution is 2.24. The normalized spacial score (nSPS) is 13.8. The summed E-state index contributed by atoms with van der Waals surface area (Å²) in [4.78, 5) is 4.30. The lowest BCUT2D eigenvalue weighted by molar-refractivity contribution is 0.0818. The Morgan fingerprint density at radius 2 is 2.00 bits per heavy atom. The molecule has 1 aliphatic carbocycles. The zero-order valence-electron chi connectivity index (χ0n) is 13.8. The summed E-state index contributed by atoms with van der Waals surface area (Å²) in [7, 11) is 0. The van der Waals surface area contributed by atoms with Crippen molar-refractivity contribution in [1.82, 2.24) is 0 Å². The first-order valence-corrected chi connectivity index (χ1v) is 8.29. The van der Waals surface area contributed by atoms with Gasteiger partial charge < -0.3 is 15.8 Å². The van der Waals surface area contributed by atoms with E-state index in [1.807, 2.05) is 12.1 Å². The van der Waals surface area contributed by atoms with E-state index in [4.69, 9.17) is 10.5 Å². The zero-order valence-corrected chi connectivity index (χ0v) is 13.8. The Balaban J connectivity index is 1.58. The third-order valence-corrected chi connectivity index (χ3v) is 4.08. The van der Waals surface area contributed by atoms with E-state index in [1.165, 1.54) is 17.5 Å². The number of nitrogens with two attached hydrogens (primary N) is 1. The minimum absolute atomic E-state index is 0.317. The van der Waals surface area contributed by atoms with E-state index in [0.29, 0.717) is 18.3 Å². The van der Waals surface area contributed by atoms with Crippen LogP contribution in [0.5, 0.6) is 5.75 Å². The van der Waals surface area contributed by atoms with Gasteiger partial charge >= 0.3 is 0 Å². The molecule has 0 saturated heterocycles. The van der Waals surface area contributed by atoms with Gasteiger partial charge in [-0.25, -0.2) is 13.8 Å². The Bertz CT molecular complexity index is 762. The van der Waals surface area contributed by atoms with Crippen LogP contribution < -0.4 is 15.8 Å². The lowest BCUT2D eigenvalue weighted by Gasteiger charge is -2.09. The maximum absolute atomic E-state index is 12.2. The van der Waals surface area contributed by atoms with E-state index in [2.05, 4.69) is 22.4 Å². The van der Waals surface area contributed by atoms with Gasteiger partial charge in [0.1, 0.15) is 12.4 Å². The number of nitrogens with one attached hydrogen (secondary N) is 1. The predicted molar refractivity (Wildman–Crippen MR) is 95.4 cm³/mol. The van der Waals surface area contributed by atoms with Crippen molar-refractivity contribution in [2.24, 2.45) is 10.7 Å². The third-order valence-electron chi connectivity index (χ3n) is 4.08. The van der Waals surface area contributed by atoms with Crippen LogP contribution in [0.4, 0.5) is 14.5 Å². The molecular formula is C19H21F2N3O. The van der Waals surface area contributed by atoms with Crippen molar-refractivity contribution in [2.45, 2.75) is 32.2 Å². The summed E-state index contributed by atoms with van der Waals surface area (Å²) in [6.07, 6.45) is 0.955. The average Bonchev–Trinajstić information content (AvgIpc) is 3.06. The lowest BCUT2D eigenvalue weighted by atomic mass is 10.1. The number of guanidine groups is 1. The number of ether oxygens (including phenoxy) is 1. The van der Waals surface area contributed by atoms with Crippen LogP contribution in [-0.2, 0) is 19.4 Å². The van der Waals surface area contributed by atoms with Crippen molar-refractivity contribution < 1.29 is 13.5 Å². The Morgan fingerprint density at radius 1 is 1.16 bits per heavy atom. The fraction of sp³-hybridized carbons (Fsp3) is 0.316. The maximum Gasteiger partial charge on any atom is 0.272 e. The predicted octanol–water partition coefficient (Wildman–Crippen LogP) is 3.75. The first-order valence-electron chi connectivity index (χ1n) is 8.29. The summed E-state index contributed by atoms with van der Waals surface area (Å²) in [5, 5.41) is 3.09. The van der Waals surface area contributed by atoms with Gasteiger partial charge in [0.15, 0.2) is 5.96 Å². The molecule has 0 saturated carbocycles. The van der Waals surface area contributed by atoms with E-state index in [1.54, 1.807) is 18.2 Å². The molecule has 4 nitrogen and oxygen atoms in total. The van der Waals surface area contributed by atoms with Crippen molar-refractivity contribution >= 4 is 11.6 Å². The molecule has 3 rings (SSSR count). The summed E-state index contributed by atoms with van der Waals surface area (Å²) in [5.74, 6) is 0.718. The Morgan fingerprint density at radius 3 is 2.84 bits per heavy atom. The van der Waals surface area contributed by atoms with E-state index in [-0.39, 0.29) is 0 Å². The summed E-state index contributed by atoms with van der Waals surface area (Å²) in [6.45, 7) is -0.273. The Hall–Kier alpha value is -2.63. The summed E-state index contributed by atoms with van der Waals surface area (Å²) >= 11 is 0. The van der Waals surface area contributed by atoms with Crippen molar-refractivity contribution in [3.63, 3.8) is 0 Å². The van der Waals surface area contributed by atoms with Crippen LogP contribution in [0, 0.1) is 0 Å². The SMILES string of the molecule is NC(=NCc1cccc(OCC(F)F)c1)Nc1ccc2c(c1)CCC2. The molecule has 0 fully saturated rings. The highest BCUT2D eigenvalue weighted by Gasteiger charge is 2.10. The molecule has 0 atom stereocenters. The number of hydrogen-bond acceptors (Lipinski definition) is 2. The van der Waals surface area contributed by atoms with Gasteiger partial charge in [0, 0.05) is 5.69 Å². The molecule has 0 bridgehead atoms. The van der Waals surface area contributed by atoms with Crippen LogP contribution in [0.3, 0.4) is 0 Å². The molecular weight excluding hydrogens is 324 g/mol. The van der Waals surface area contributed by atoms with Crippen LogP contribution in [0.25, 0.3) is 0 Å². The van der Waals surface area contributed by atoms with Gasteiger partial charge in [-0.2, -0.15) is 0 Å². The largest absolute Gasteiger partial charge is 0.488 e. The summed E-state index contributed by atoms with van der Waals surface area (Å²) in [6, 6.07) is 13.2. The van der Waals surface area contributed by atoms with Gasteiger partial charge in [-0.3, -0.25) is 0 Å². The summed E-state index contributed by atoms with van der Waals surface area (Å²) in [5.41, 5.74) is 10.5. The fourth-order valence-electron chi connectivity index (χ4n) is 2.91. The minimum Gasteiger partial charge on any atom is -0.488 e. The van der Waals surface area contributed by atoms with Crippen LogP contribution in [0.2, 0.25) is 0 Å². The number of alkyl halides is 2. The monoisotopic (exact) mass is 345 g/mol. The Labute approximate surface area is 145 Å². The maximum atomic E-state index is 12.2. The third kappa shape index (κ3) is 4.92. The number of rotatable bonds is 6. The quantitative estimate of drug-likeness (QED) is 0.619. The van der Waals surface area contributed by atoms with Crippen LogP contribution in [-0.4, -0.2) is 19.0 Å². The van der Waals surface area contributed by atoms with Crippen molar-refractivity contribution in [3.8, 4) is 5.75 Å². The molecule has 0 radical (unpaired) electrons. The van der Waals surface area contributed by atoms with Gasteiger partial charge in [-0.1, -0.05) is 18.2 Å². The highest BCUT2D eigenvalue weighted by molar-refractivity contribution is 5.92. The second-order valence-corrected chi connectivity index (χ2v) is 6.01. The van der Waals surface area contributed by atoms with E-state index in [0.717, 1.165) is 24.1 Å². The van der Waals surface area contributed by atoms with Crippen LogP contribution >= 0.6 is 0 Å². The highest BCUT2D eigenvalue weighted by atomic mass is 19.3. The molecule has 25 heavy (non-hydrogen) atoms. The molecule has 6 heteroatoms. The number of hydrogen-bond donors (Lipinski definition) is 2. The van der Waals surface area contributed by atoms with Gasteiger partial charge in [0.25, 0.3) is 6.43 Å². The number of aryl methyl sites for hydroxylation is 2. The molecule has 132 valence electrons. The van der Waals surface area contributed by atoms with Crippen molar-refractivity contribution in [2.75, 3.05) is 11.9 Å². The van der Waals surface area contributed by atoms with Gasteiger partial charge in [0.2, 0.25) is 0 Å². The molecule has 0 aromatic heterocycles. The molecule has 0 spiro atoms. The van der Waals surface area contributed by atoms with Crippen LogP contribution in [0.15, 0.2) is 47.5 Å². The van der Waals surface area contributed by atoms with Crippen LogP contribution in [0.1, 0.15) is 23.1 Å². The number of anilines is 1.